The molecule has 0 bridgehead atoms. The predicted molar refractivity (Wildman–Crippen MR) is 42.6 cm³/mol. The molecule has 0 aliphatic carbocycles. The zero-order valence-corrected chi connectivity index (χ0v) is 6.85. The molecule has 0 spiro atoms. The smallest absolute Gasteiger partial charge is 0.0367 e. The van der Waals surface area contributed by atoms with E-state index < -0.39 is 0 Å². The summed E-state index contributed by atoms with van der Waals surface area (Å²) in [4.78, 5) is 0.440. The minimum absolute atomic E-state index is 0.440. The molecule has 1 unspecified atom stereocenters. The second kappa shape index (κ2) is 3.02. The van der Waals surface area contributed by atoms with Crippen molar-refractivity contribution in [2.75, 3.05) is 0 Å². The molecule has 1 heteroatoms. The van der Waals surface area contributed by atoms with Gasteiger partial charge in [-0.25, -0.2) is 0 Å². The van der Waals surface area contributed by atoms with E-state index in [1.54, 1.807) is 0 Å². The molecule has 1 atom stereocenters. The zero-order chi connectivity index (χ0) is 6.69. The minimum atomic E-state index is 0.440. The molecule has 1 rings (SSSR count). The third kappa shape index (κ3) is 1.83. The van der Waals surface area contributed by atoms with Crippen LogP contribution in [-0.4, -0.2) is 0 Å². The molecule has 0 N–H and O–H groups in total. The van der Waals surface area contributed by atoms with Crippen molar-refractivity contribution in [3.63, 3.8) is 0 Å². The van der Waals surface area contributed by atoms with Crippen LogP contribution in [0.4, 0.5) is 0 Å². The number of halogens is 1. The fourth-order valence-electron chi connectivity index (χ4n) is 0.655. The Morgan fingerprint density at radius 3 is 2.78 bits per heavy atom. The molecule has 1 radical (unpaired) electrons. The van der Waals surface area contributed by atoms with Crippen LogP contribution in [-0.2, 0) is 0 Å². The lowest BCUT2D eigenvalue weighted by atomic mass is 10.2. The highest BCUT2D eigenvalue weighted by molar-refractivity contribution is 9.09. The Morgan fingerprint density at radius 1 is 1.67 bits per heavy atom. The number of benzene rings is 1. The molecule has 1 aromatic rings. The molecule has 1 aromatic carbocycles. The Kier molecular flexibility index (Phi) is 2.29. The second-order valence-electron chi connectivity index (χ2n) is 1.95. The van der Waals surface area contributed by atoms with Crippen molar-refractivity contribution in [1.82, 2.24) is 0 Å². The third-order valence-electron chi connectivity index (χ3n) is 1.19. The summed E-state index contributed by atoms with van der Waals surface area (Å²) in [6.45, 7) is 2.10. The first-order valence-corrected chi connectivity index (χ1v) is 3.82. The lowest BCUT2D eigenvalue weighted by Gasteiger charge is -1.99. The Bertz CT molecular complexity index is 167. The predicted octanol–water partition coefficient (Wildman–Crippen LogP) is 2.94. The molecule has 9 heavy (non-hydrogen) atoms. The maximum Gasteiger partial charge on any atom is 0.0367 e. The van der Waals surface area contributed by atoms with E-state index in [0.717, 1.165) is 0 Å². The zero-order valence-electron chi connectivity index (χ0n) is 5.26. The van der Waals surface area contributed by atoms with Crippen LogP contribution in [0.3, 0.4) is 0 Å². The van der Waals surface area contributed by atoms with E-state index in [0.29, 0.717) is 4.83 Å². The summed E-state index contributed by atoms with van der Waals surface area (Å²) in [5, 5.41) is 0. The Morgan fingerprint density at radius 2 is 2.44 bits per heavy atom. The molecular weight excluding hydrogens is 176 g/mol. The van der Waals surface area contributed by atoms with Crippen molar-refractivity contribution in [3.05, 3.63) is 35.9 Å². The van der Waals surface area contributed by atoms with Crippen molar-refractivity contribution in [3.8, 4) is 0 Å². The summed E-state index contributed by atoms with van der Waals surface area (Å²) in [5.74, 6) is 0. The van der Waals surface area contributed by atoms with Gasteiger partial charge in [-0.15, -0.1) is 0 Å². The fraction of sp³-hybridized carbons (Fsp3) is 0.250. The lowest BCUT2D eigenvalue weighted by molar-refractivity contribution is 1.12. The topological polar surface area (TPSA) is 0 Å². The lowest BCUT2D eigenvalue weighted by Crippen LogP contribution is -1.79. The highest BCUT2D eigenvalue weighted by atomic mass is 79.9. The van der Waals surface area contributed by atoms with Gasteiger partial charge < -0.3 is 0 Å². The maximum atomic E-state index is 3.46. The number of alkyl halides is 1. The summed E-state index contributed by atoms with van der Waals surface area (Å²) in [5.41, 5.74) is 1.28. The van der Waals surface area contributed by atoms with Gasteiger partial charge in [0, 0.05) is 4.83 Å². The number of hydrogen-bond donors (Lipinski definition) is 0. The molecule has 0 fully saturated rings. The average Bonchev–Trinajstić information content (AvgIpc) is 1.90. The highest BCUT2D eigenvalue weighted by Crippen LogP contribution is 2.19. The molecule has 0 aliphatic heterocycles. The average molecular weight is 184 g/mol. The first-order valence-electron chi connectivity index (χ1n) is 2.91. The van der Waals surface area contributed by atoms with Gasteiger partial charge in [-0.3, -0.25) is 0 Å². The van der Waals surface area contributed by atoms with E-state index in [2.05, 4.69) is 35.0 Å². The van der Waals surface area contributed by atoms with Crippen LogP contribution in [0.1, 0.15) is 17.3 Å². The van der Waals surface area contributed by atoms with Gasteiger partial charge in [-0.2, -0.15) is 0 Å². The standard InChI is InChI=1S/C8H8Br/c1-7(9)8-5-3-2-4-6-8/h2-3,5-7H,1H3. The van der Waals surface area contributed by atoms with Gasteiger partial charge in [0.2, 0.25) is 0 Å². The van der Waals surface area contributed by atoms with Crippen molar-refractivity contribution in [1.29, 1.82) is 0 Å². The number of rotatable bonds is 1. The number of hydrogen-bond acceptors (Lipinski definition) is 0. The summed E-state index contributed by atoms with van der Waals surface area (Å²) >= 11 is 3.46. The van der Waals surface area contributed by atoms with Gasteiger partial charge >= 0.3 is 0 Å². The monoisotopic (exact) mass is 183 g/mol. The van der Waals surface area contributed by atoms with Gasteiger partial charge in [-0.05, 0) is 18.6 Å². The first-order chi connectivity index (χ1) is 4.30. The molecule has 0 aromatic heterocycles. The second-order valence-corrected chi connectivity index (χ2v) is 3.33. The summed E-state index contributed by atoms with van der Waals surface area (Å²) in [7, 11) is 0. The van der Waals surface area contributed by atoms with Gasteiger partial charge in [0.15, 0.2) is 0 Å². The normalized spacial score (nSPS) is 13.1. The quantitative estimate of drug-likeness (QED) is 0.588. The van der Waals surface area contributed by atoms with Crippen LogP contribution in [0, 0.1) is 6.07 Å². The van der Waals surface area contributed by atoms with E-state index in [4.69, 9.17) is 0 Å². The van der Waals surface area contributed by atoms with Crippen molar-refractivity contribution in [2.45, 2.75) is 11.8 Å². The van der Waals surface area contributed by atoms with E-state index in [9.17, 15) is 0 Å². The molecule has 47 valence electrons. The van der Waals surface area contributed by atoms with Crippen LogP contribution >= 0.6 is 15.9 Å². The first kappa shape index (κ1) is 6.81. The molecule has 0 aliphatic rings. The van der Waals surface area contributed by atoms with Crippen molar-refractivity contribution >= 4 is 15.9 Å². The van der Waals surface area contributed by atoms with Crippen LogP contribution in [0.15, 0.2) is 24.3 Å². The molecule has 0 saturated heterocycles. The molecule has 0 amide bonds. The Balaban J connectivity index is 2.85. The summed E-state index contributed by atoms with van der Waals surface area (Å²) < 4.78 is 0. The van der Waals surface area contributed by atoms with Crippen LogP contribution < -0.4 is 0 Å². The fourth-order valence-corrected chi connectivity index (χ4v) is 0.939. The largest absolute Gasteiger partial charge is 0.0842 e. The van der Waals surface area contributed by atoms with Crippen LogP contribution in [0.5, 0.6) is 0 Å². The van der Waals surface area contributed by atoms with Crippen LogP contribution in [0.2, 0.25) is 0 Å². The van der Waals surface area contributed by atoms with Gasteiger partial charge in [-0.1, -0.05) is 40.2 Å². The van der Waals surface area contributed by atoms with Crippen molar-refractivity contribution < 1.29 is 0 Å². The van der Waals surface area contributed by atoms with E-state index in [1.165, 1.54) is 5.56 Å². The van der Waals surface area contributed by atoms with Gasteiger partial charge in [0.05, 0.1) is 0 Å². The molecule has 0 heterocycles. The van der Waals surface area contributed by atoms with Gasteiger partial charge in [0.1, 0.15) is 0 Å². The molecule has 0 saturated carbocycles. The SMILES string of the molecule is CC(Br)c1c[c]ccc1. The van der Waals surface area contributed by atoms with E-state index in [1.807, 2.05) is 18.2 Å². The van der Waals surface area contributed by atoms with Gasteiger partial charge in [0.25, 0.3) is 0 Å². The minimum Gasteiger partial charge on any atom is -0.0842 e. The Hall–Kier alpha value is -0.300. The summed E-state index contributed by atoms with van der Waals surface area (Å²) in [6.07, 6.45) is 0. The Labute approximate surface area is 64.0 Å². The highest BCUT2D eigenvalue weighted by Gasteiger charge is 1.95. The van der Waals surface area contributed by atoms with Crippen molar-refractivity contribution in [2.24, 2.45) is 0 Å². The molecular formula is C8H8Br. The van der Waals surface area contributed by atoms with E-state index in [-0.39, 0.29) is 0 Å². The summed E-state index contributed by atoms with van der Waals surface area (Å²) in [6, 6.07) is 11.0. The van der Waals surface area contributed by atoms with Crippen LogP contribution in [0.25, 0.3) is 0 Å². The maximum absolute atomic E-state index is 3.46. The van der Waals surface area contributed by atoms with E-state index >= 15 is 0 Å². The third-order valence-corrected chi connectivity index (χ3v) is 1.72. The molecule has 0 nitrogen and oxygen atoms in total.